The van der Waals surface area contributed by atoms with Crippen LogP contribution in [0.15, 0.2) is 0 Å². The maximum atomic E-state index is 5.87. The molecule has 4 N–H and O–H groups in total. The van der Waals surface area contributed by atoms with Gasteiger partial charge >= 0.3 is 0 Å². The molecule has 0 unspecified atom stereocenters. The van der Waals surface area contributed by atoms with Crippen molar-refractivity contribution in [2.24, 2.45) is 0 Å². The van der Waals surface area contributed by atoms with Crippen LogP contribution in [0.5, 0.6) is 0 Å². The number of nitrogens with one attached hydrogen (secondary N) is 2. The molecule has 1 saturated heterocycles. The van der Waals surface area contributed by atoms with E-state index in [0.29, 0.717) is 23.9 Å². The minimum atomic E-state index is -1.21. The van der Waals surface area contributed by atoms with Gasteiger partial charge in [-0.2, -0.15) is 15.0 Å². The van der Waals surface area contributed by atoms with Gasteiger partial charge in [0.1, 0.15) is 0 Å². The molecule has 1 saturated carbocycles. The molecule has 1 aromatic rings. The van der Waals surface area contributed by atoms with Gasteiger partial charge in [-0.15, -0.1) is 0 Å². The fourth-order valence-corrected chi connectivity index (χ4v) is 5.73. The van der Waals surface area contributed by atoms with E-state index in [1.807, 2.05) is 7.05 Å². The third kappa shape index (κ3) is 3.49. The molecule has 3 rings (SSSR count). The van der Waals surface area contributed by atoms with E-state index in [-0.39, 0.29) is 0 Å². The van der Waals surface area contributed by atoms with Crippen molar-refractivity contribution >= 4 is 25.9 Å². The van der Waals surface area contributed by atoms with Gasteiger partial charge in [0.2, 0.25) is 17.8 Å². The molecule has 1 aliphatic carbocycles. The van der Waals surface area contributed by atoms with Crippen LogP contribution in [0.25, 0.3) is 0 Å². The van der Waals surface area contributed by atoms with E-state index >= 15 is 0 Å². The van der Waals surface area contributed by atoms with Crippen molar-refractivity contribution in [3.05, 3.63) is 0 Å². The van der Waals surface area contributed by atoms with Crippen LogP contribution in [-0.4, -0.2) is 55.4 Å². The minimum absolute atomic E-state index is 0.298. The predicted octanol–water partition coefficient (Wildman–Crippen LogP) is 1.08. The Bertz CT molecular complexity index is 532. The molecule has 2 fully saturated rings. The zero-order valence-electron chi connectivity index (χ0n) is 13.8. The summed E-state index contributed by atoms with van der Waals surface area (Å²) in [4.78, 5) is 15.3. The second-order valence-corrected chi connectivity index (χ2v) is 12.3. The Morgan fingerprint density at radius 3 is 2.64 bits per heavy atom. The molecule has 1 aromatic heterocycles. The molecule has 0 amide bonds. The average Bonchev–Trinajstić information content (AvgIpc) is 3.24. The maximum absolute atomic E-state index is 5.87. The largest absolute Gasteiger partial charge is 0.368 e. The van der Waals surface area contributed by atoms with Gasteiger partial charge in [0.15, 0.2) is 0 Å². The van der Waals surface area contributed by atoms with Crippen LogP contribution in [-0.2, 0) is 0 Å². The smallest absolute Gasteiger partial charge is 0.232 e. The van der Waals surface area contributed by atoms with E-state index in [1.165, 1.54) is 12.8 Å². The Balaban J connectivity index is 1.67. The Kier molecular flexibility index (Phi) is 4.22. The van der Waals surface area contributed by atoms with Gasteiger partial charge in [-0.25, -0.2) is 0 Å². The first kappa shape index (κ1) is 15.5. The van der Waals surface area contributed by atoms with Crippen molar-refractivity contribution in [1.29, 1.82) is 0 Å². The number of aromatic nitrogens is 3. The van der Waals surface area contributed by atoms with Gasteiger partial charge in [0, 0.05) is 25.3 Å². The van der Waals surface area contributed by atoms with E-state index in [9.17, 15) is 0 Å². The van der Waals surface area contributed by atoms with Crippen LogP contribution in [0.4, 0.5) is 17.8 Å². The van der Waals surface area contributed by atoms with Gasteiger partial charge in [-0.05, 0) is 19.0 Å². The topological polar surface area (TPSA) is 92.0 Å². The quantitative estimate of drug-likeness (QED) is 0.675. The van der Waals surface area contributed by atoms with Gasteiger partial charge < -0.3 is 21.3 Å². The number of nitrogen functional groups attached to an aromatic ring is 1. The molecule has 122 valence electrons. The summed E-state index contributed by atoms with van der Waals surface area (Å²) in [6.45, 7) is 6.74. The molecule has 7 nitrogen and oxygen atoms in total. The van der Waals surface area contributed by atoms with E-state index in [2.05, 4.69) is 43.6 Å². The summed E-state index contributed by atoms with van der Waals surface area (Å²) in [7, 11) is 0.782. The Morgan fingerprint density at radius 2 is 2.00 bits per heavy atom. The highest BCUT2D eigenvalue weighted by Gasteiger charge is 2.39. The Labute approximate surface area is 133 Å². The maximum Gasteiger partial charge on any atom is 0.232 e. The SMILES string of the molecule is CN[C@@H]1CCN(c2nc(N)nc(NC[Si](C)(C)C3CC3)n2)C1. The number of likely N-dealkylation sites (N-methyl/N-ethyl adjacent to an activating group) is 1. The fourth-order valence-electron chi connectivity index (χ4n) is 3.09. The third-order valence-corrected chi connectivity index (χ3v) is 8.78. The lowest BCUT2D eigenvalue weighted by Gasteiger charge is -2.23. The normalized spacial score (nSPS) is 22.1. The van der Waals surface area contributed by atoms with Gasteiger partial charge in [0.25, 0.3) is 0 Å². The molecular formula is C14H27N7Si. The second-order valence-electron chi connectivity index (χ2n) is 7.15. The Morgan fingerprint density at radius 1 is 1.23 bits per heavy atom. The summed E-state index contributed by atoms with van der Waals surface area (Å²) in [6, 6.07) is 0.496. The number of nitrogens with two attached hydrogens (primary N) is 1. The highest BCUT2D eigenvalue weighted by atomic mass is 28.3. The summed E-state index contributed by atoms with van der Waals surface area (Å²) < 4.78 is 0. The van der Waals surface area contributed by atoms with Crippen LogP contribution in [0.2, 0.25) is 18.6 Å². The molecular weight excluding hydrogens is 294 g/mol. The van der Waals surface area contributed by atoms with Crippen molar-refractivity contribution in [3.8, 4) is 0 Å². The molecule has 22 heavy (non-hydrogen) atoms. The summed E-state index contributed by atoms with van der Waals surface area (Å²) in [5.74, 6) is 1.61. The highest BCUT2D eigenvalue weighted by molar-refractivity contribution is 6.80. The first-order chi connectivity index (χ1) is 10.5. The molecule has 2 aliphatic rings. The lowest BCUT2D eigenvalue weighted by molar-refractivity contribution is 0.616. The molecule has 1 aliphatic heterocycles. The summed E-state index contributed by atoms with van der Waals surface area (Å²) in [5, 5.41) is 6.72. The van der Waals surface area contributed by atoms with E-state index in [1.54, 1.807) is 0 Å². The van der Waals surface area contributed by atoms with Crippen LogP contribution in [0.3, 0.4) is 0 Å². The number of hydrogen-bond donors (Lipinski definition) is 3. The standard InChI is InChI=1S/C14H27N7Si/c1-16-10-6-7-21(8-10)14-19-12(15)18-13(20-14)17-9-22(2,3)11-4-5-11/h10-11,16H,4-9H2,1-3H3,(H3,15,17,18,19,20)/t10-/m1/s1. The number of anilines is 3. The number of rotatable bonds is 6. The van der Waals surface area contributed by atoms with E-state index < -0.39 is 8.07 Å². The van der Waals surface area contributed by atoms with Crippen molar-refractivity contribution in [2.75, 3.05) is 42.3 Å². The van der Waals surface area contributed by atoms with Gasteiger partial charge in [-0.3, -0.25) is 0 Å². The molecule has 0 aromatic carbocycles. The molecule has 0 spiro atoms. The van der Waals surface area contributed by atoms with Crippen LogP contribution in [0.1, 0.15) is 19.3 Å². The lowest BCUT2D eigenvalue weighted by atomic mass is 10.3. The first-order valence-corrected chi connectivity index (χ1v) is 11.4. The van der Waals surface area contributed by atoms with Crippen molar-refractivity contribution in [1.82, 2.24) is 20.3 Å². The van der Waals surface area contributed by atoms with Crippen LogP contribution in [0, 0.1) is 0 Å². The second kappa shape index (κ2) is 6.00. The summed E-state index contributed by atoms with van der Waals surface area (Å²) in [5.41, 5.74) is 6.82. The zero-order valence-corrected chi connectivity index (χ0v) is 14.8. The van der Waals surface area contributed by atoms with Gasteiger partial charge in [-0.1, -0.05) is 25.9 Å². The fraction of sp³-hybridized carbons (Fsp3) is 0.786. The summed E-state index contributed by atoms with van der Waals surface area (Å²) in [6.07, 6.45) is 4.89. The highest BCUT2D eigenvalue weighted by Crippen LogP contribution is 2.44. The zero-order chi connectivity index (χ0) is 15.7. The third-order valence-electron chi connectivity index (χ3n) is 4.90. The van der Waals surface area contributed by atoms with Gasteiger partial charge in [0.05, 0.1) is 8.07 Å². The average molecular weight is 322 g/mol. The van der Waals surface area contributed by atoms with Crippen LogP contribution < -0.4 is 21.3 Å². The number of hydrogen-bond acceptors (Lipinski definition) is 7. The minimum Gasteiger partial charge on any atom is -0.368 e. The Hall–Kier alpha value is -1.41. The van der Waals surface area contributed by atoms with Crippen molar-refractivity contribution in [2.45, 2.75) is 43.9 Å². The van der Waals surface area contributed by atoms with Crippen molar-refractivity contribution in [3.63, 3.8) is 0 Å². The number of nitrogens with zero attached hydrogens (tertiary/aromatic N) is 4. The first-order valence-electron chi connectivity index (χ1n) is 8.15. The predicted molar refractivity (Wildman–Crippen MR) is 92.9 cm³/mol. The van der Waals surface area contributed by atoms with Crippen molar-refractivity contribution < 1.29 is 0 Å². The molecule has 0 bridgehead atoms. The monoisotopic (exact) mass is 321 g/mol. The molecule has 1 atom stereocenters. The lowest BCUT2D eigenvalue weighted by Crippen LogP contribution is -2.36. The molecule has 8 heteroatoms. The van der Waals surface area contributed by atoms with Crippen LogP contribution >= 0.6 is 0 Å². The van der Waals surface area contributed by atoms with E-state index in [0.717, 1.165) is 31.2 Å². The summed E-state index contributed by atoms with van der Waals surface area (Å²) >= 11 is 0. The molecule has 2 heterocycles. The van der Waals surface area contributed by atoms with E-state index in [4.69, 9.17) is 5.73 Å². The molecule has 0 radical (unpaired) electrons.